The number of thioether (sulfide) groups is 1. The molecule has 0 radical (unpaired) electrons. The highest BCUT2D eigenvalue weighted by Gasteiger charge is 2.30. The third kappa shape index (κ3) is 4.28. The second kappa shape index (κ2) is 7.73. The Balaban J connectivity index is 1.69. The maximum Gasteiger partial charge on any atom is 0.315 e. The molecule has 1 unspecified atom stereocenters. The number of carbonyl (C=O) groups excluding carboxylic acids is 2. The first-order valence-electron chi connectivity index (χ1n) is 7.35. The highest BCUT2D eigenvalue weighted by atomic mass is 32.2. The van der Waals surface area contributed by atoms with Gasteiger partial charge in [-0.05, 0) is 19.3 Å². The average molecular weight is 300 g/mol. The van der Waals surface area contributed by atoms with Crippen LogP contribution in [0, 0.1) is 0 Å². The molecule has 0 aliphatic carbocycles. The predicted octanol–water partition coefficient (Wildman–Crippen LogP) is 0.349. The van der Waals surface area contributed by atoms with Crippen LogP contribution in [-0.2, 0) is 4.79 Å². The zero-order valence-corrected chi connectivity index (χ0v) is 12.8. The van der Waals surface area contributed by atoms with Crippen LogP contribution in [0.3, 0.4) is 0 Å². The second-order valence-electron chi connectivity index (χ2n) is 5.27. The molecule has 0 bridgehead atoms. The minimum absolute atomic E-state index is 0.0163. The van der Waals surface area contributed by atoms with E-state index in [-0.39, 0.29) is 24.0 Å². The fraction of sp³-hybridized carbons (Fsp3) is 0.846. The SMILES string of the molecule is CCCNC(=O)NC1CCN(C(=O)C2CSCN2)CC1. The van der Waals surface area contributed by atoms with Crippen molar-refractivity contribution in [1.82, 2.24) is 20.9 Å². The molecule has 0 aromatic heterocycles. The summed E-state index contributed by atoms with van der Waals surface area (Å²) in [4.78, 5) is 25.7. The summed E-state index contributed by atoms with van der Waals surface area (Å²) in [5.74, 6) is 1.95. The van der Waals surface area contributed by atoms with E-state index in [9.17, 15) is 9.59 Å². The van der Waals surface area contributed by atoms with Gasteiger partial charge in [0.2, 0.25) is 5.91 Å². The summed E-state index contributed by atoms with van der Waals surface area (Å²) in [5, 5.41) is 9.00. The molecule has 1 atom stereocenters. The van der Waals surface area contributed by atoms with Crippen LogP contribution in [-0.4, -0.2) is 60.2 Å². The summed E-state index contributed by atoms with van der Waals surface area (Å²) in [6.07, 6.45) is 2.61. The minimum atomic E-state index is -0.0921. The Kier molecular flexibility index (Phi) is 5.97. The first kappa shape index (κ1) is 15.4. The van der Waals surface area contributed by atoms with Crippen molar-refractivity contribution in [3.63, 3.8) is 0 Å². The van der Waals surface area contributed by atoms with Gasteiger partial charge in [0.1, 0.15) is 0 Å². The van der Waals surface area contributed by atoms with Gasteiger partial charge in [-0.25, -0.2) is 4.79 Å². The van der Waals surface area contributed by atoms with Gasteiger partial charge < -0.3 is 15.5 Å². The van der Waals surface area contributed by atoms with E-state index in [1.807, 2.05) is 11.8 Å². The molecule has 114 valence electrons. The summed E-state index contributed by atoms with van der Waals surface area (Å²) in [5.41, 5.74) is 0. The fourth-order valence-corrected chi connectivity index (χ4v) is 3.43. The average Bonchev–Trinajstić information content (AvgIpc) is 2.99. The summed E-state index contributed by atoms with van der Waals surface area (Å²) in [6, 6.07) is 0.0738. The number of hydrogen-bond acceptors (Lipinski definition) is 4. The number of piperidine rings is 1. The molecule has 2 rings (SSSR count). The number of carbonyl (C=O) groups is 2. The summed E-state index contributed by atoms with van der Waals surface area (Å²) in [6.45, 7) is 4.20. The van der Waals surface area contributed by atoms with E-state index in [1.54, 1.807) is 11.8 Å². The number of hydrogen-bond donors (Lipinski definition) is 3. The van der Waals surface area contributed by atoms with Crippen LogP contribution in [0.5, 0.6) is 0 Å². The van der Waals surface area contributed by atoms with Crippen molar-refractivity contribution in [2.45, 2.75) is 38.3 Å². The molecular formula is C13H24N4O2S. The predicted molar refractivity (Wildman–Crippen MR) is 80.7 cm³/mol. The molecule has 0 aromatic carbocycles. The van der Waals surface area contributed by atoms with Crippen LogP contribution in [0.2, 0.25) is 0 Å². The minimum Gasteiger partial charge on any atom is -0.341 e. The molecule has 6 nitrogen and oxygen atoms in total. The summed E-state index contributed by atoms with van der Waals surface area (Å²) < 4.78 is 0. The van der Waals surface area contributed by atoms with E-state index >= 15 is 0 Å². The van der Waals surface area contributed by atoms with Gasteiger partial charge in [-0.3, -0.25) is 10.1 Å². The molecular weight excluding hydrogens is 276 g/mol. The van der Waals surface area contributed by atoms with Crippen LogP contribution >= 0.6 is 11.8 Å². The molecule has 3 N–H and O–H groups in total. The van der Waals surface area contributed by atoms with Crippen molar-refractivity contribution in [3.8, 4) is 0 Å². The Labute approximate surface area is 124 Å². The highest BCUT2D eigenvalue weighted by molar-refractivity contribution is 7.99. The summed E-state index contributed by atoms with van der Waals surface area (Å²) >= 11 is 1.77. The van der Waals surface area contributed by atoms with Crippen molar-refractivity contribution in [2.24, 2.45) is 0 Å². The van der Waals surface area contributed by atoms with Crippen molar-refractivity contribution < 1.29 is 9.59 Å². The van der Waals surface area contributed by atoms with E-state index in [1.165, 1.54) is 0 Å². The van der Waals surface area contributed by atoms with E-state index in [4.69, 9.17) is 0 Å². The van der Waals surface area contributed by atoms with Crippen LogP contribution < -0.4 is 16.0 Å². The van der Waals surface area contributed by atoms with Gasteiger partial charge >= 0.3 is 6.03 Å². The van der Waals surface area contributed by atoms with Crippen molar-refractivity contribution in [2.75, 3.05) is 31.3 Å². The van der Waals surface area contributed by atoms with Gasteiger partial charge in [-0.1, -0.05) is 6.92 Å². The number of likely N-dealkylation sites (tertiary alicyclic amines) is 1. The number of amides is 3. The van der Waals surface area contributed by atoms with Gasteiger partial charge in [-0.15, -0.1) is 11.8 Å². The van der Waals surface area contributed by atoms with Crippen LogP contribution in [0.1, 0.15) is 26.2 Å². The molecule has 0 spiro atoms. The van der Waals surface area contributed by atoms with Gasteiger partial charge in [0.05, 0.1) is 6.04 Å². The molecule has 20 heavy (non-hydrogen) atoms. The molecule has 0 aromatic rings. The van der Waals surface area contributed by atoms with Gasteiger partial charge in [0.15, 0.2) is 0 Å². The molecule has 0 saturated carbocycles. The van der Waals surface area contributed by atoms with E-state index < -0.39 is 0 Å². The zero-order valence-electron chi connectivity index (χ0n) is 12.0. The third-order valence-corrected chi connectivity index (χ3v) is 4.63. The Hall–Kier alpha value is -0.950. The molecule has 2 aliphatic rings. The highest BCUT2D eigenvalue weighted by Crippen LogP contribution is 2.16. The maximum atomic E-state index is 12.2. The third-order valence-electron chi connectivity index (χ3n) is 3.69. The van der Waals surface area contributed by atoms with Crippen molar-refractivity contribution in [3.05, 3.63) is 0 Å². The number of nitrogens with zero attached hydrogens (tertiary/aromatic N) is 1. The Morgan fingerprint density at radius 3 is 2.70 bits per heavy atom. The Morgan fingerprint density at radius 2 is 2.10 bits per heavy atom. The normalized spacial score (nSPS) is 23.6. The first-order valence-corrected chi connectivity index (χ1v) is 8.50. The van der Waals surface area contributed by atoms with E-state index in [2.05, 4.69) is 16.0 Å². The first-order chi connectivity index (χ1) is 9.70. The van der Waals surface area contributed by atoms with Gasteiger partial charge in [0.25, 0.3) is 0 Å². The standard InChI is InChI=1S/C13H24N4O2S/c1-2-5-14-13(19)16-10-3-6-17(7-4-10)12(18)11-8-20-9-15-11/h10-11,15H,2-9H2,1H3,(H2,14,16,19). The second-order valence-corrected chi connectivity index (χ2v) is 6.30. The van der Waals surface area contributed by atoms with Crippen molar-refractivity contribution >= 4 is 23.7 Å². The lowest BCUT2D eigenvalue weighted by atomic mass is 10.0. The molecule has 7 heteroatoms. The topological polar surface area (TPSA) is 73.5 Å². The quantitative estimate of drug-likeness (QED) is 0.700. The lowest BCUT2D eigenvalue weighted by Crippen LogP contribution is -2.52. The lowest BCUT2D eigenvalue weighted by molar-refractivity contribution is -0.133. The smallest absolute Gasteiger partial charge is 0.315 e. The Bertz CT molecular complexity index is 339. The lowest BCUT2D eigenvalue weighted by Gasteiger charge is -2.33. The maximum absolute atomic E-state index is 12.2. The van der Waals surface area contributed by atoms with Crippen LogP contribution in [0.25, 0.3) is 0 Å². The molecule has 2 saturated heterocycles. The number of urea groups is 1. The van der Waals surface area contributed by atoms with E-state index in [0.717, 1.165) is 44.0 Å². The largest absolute Gasteiger partial charge is 0.341 e. The molecule has 2 aliphatic heterocycles. The fourth-order valence-electron chi connectivity index (χ4n) is 2.49. The number of rotatable bonds is 4. The monoisotopic (exact) mass is 300 g/mol. The molecule has 2 heterocycles. The Morgan fingerprint density at radius 1 is 1.35 bits per heavy atom. The van der Waals surface area contributed by atoms with E-state index in [0.29, 0.717) is 6.54 Å². The van der Waals surface area contributed by atoms with Crippen LogP contribution in [0.15, 0.2) is 0 Å². The summed E-state index contributed by atoms with van der Waals surface area (Å²) in [7, 11) is 0. The van der Waals surface area contributed by atoms with Crippen molar-refractivity contribution in [1.29, 1.82) is 0 Å². The van der Waals surface area contributed by atoms with Crippen LogP contribution in [0.4, 0.5) is 4.79 Å². The zero-order chi connectivity index (χ0) is 14.4. The van der Waals surface area contributed by atoms with Gasteiger partial charge in [0, 0.05) is 37.3 Å². The molecule has 2 fully saturated rings. The van der Waals surface area contributed by atoms with Gasteiger partial charge in [-0.2, -0.15) is 0 Å². The number of nitrogens with one attached hydrogen (secondary N) is 3. The molecule has 3 amide bonds.